The van der Waals surface area contributed by atoms with Gasteiger partial charge in [0.1, 0.15) is 0 Å². The average Bonchev–Trinajstić information content (AvgIpc) is 1.82. The van der Waals surface area contributed by atoms with Gasteiger partial charge in [-0.15, -0.1) is 0 Å². The van der Waals surface area contributed by atoms with Gasteiger partial charge in [-0.2, -0.15) is 0 Å². The highest BCUT2D eigenvalue weighted by molar-refractivity contribution is 5.66. The van der Waals surface area contributed by atoms with Crippen molar-refractivity contribution in [1.29, 1.82) is 0 Å². The summed E-state index contributed by atoms with van der Waals surface area (Å²) in [6.45, 7) is 3.05. The fraction of sp³-hybridized carbons (Fsp3) is 0.667. The molecule has 0 rings (SSSR count). The lowest BCUT2D eigenvalue weighted by Gasteiger charge is -2.10. The first-order valence-corrected chi connectivity index (χ1v) is 2.70. The maximum Gasteiger partial charge on any atom is 0.304 e. The molecule has 0 aromatic carbocycles. The molecule has 0 saturated carbocycles. The summed E-state index contributed by atoms with van der Waals surface area (Å²) in [4.78, 5) is 10.2. The van der Waals surface area contributed by atoms with E-state index in [4.69, 9.17) is 7.11 Å². The Labute approximate surface area is 55.0 Å². The number of hydrogen-bond donors (Lipinski definition) is 0. The minimum absolute atomic E-state index is 0.422. The molecule has 0 heterocycles. The summed E-state index contributed by atoms with van der Waals surface area (Å²) in [7, 11) is 6.38. The van der Waals surface area contributed by atoms with Crippen molar-refractivity contribution in [2.45, 2.75) is 26.6 Å². The third-order valence-electron chi connectivity index (χ3n) is 0.762. The monoisotopic (exact) mass is 129 g/mol. The molecule has 0 N–H and O–H groups in total. The molecule has 0 aliphatic carbocycles. The first-order valence-electron chi connectivity index (χ1n) is 2.70. The van der Waals surface area contributed by atoms with Crippen molar-refractivity contribution in [3.05, 3.63) is 7.11 Å². The first-order chi connectivity index (χ1) is 4.20. The number of carbonyl (C=O) groups excluding carboxylic acids is 1. The van der Waals surface area contributed by atoms with Crippen LogP contribution < -0.4 is 0 Å². The van der Waals surface area contributed by atoms with Crippen molar-refractivity contribution in [3.8, 4) is 0 Å². The average molecular weight is 129 g/mol. The van der Waals surface area contributed by atoms with Crippen LogP contribution in [-0.4, -0.2) is 12.3 Å². The van der Waals surface area contributed by atoms with Gasteiger partial charge in [-0.05, 0) is 0 Å². The fourth-order valence-corrected chi connectivity index (χ4v) is 0.376. The number of rotatable bonds is 3. The first kappa shape index (κ1) is 8.43. The molecule has 51 valence electrons. The number of hydrogen-bond acceptors (Lipinski definition) is 3. The Morgan fingerprint density at radius 3 is 2.44 bits per heavy atom. The second-order valence-corrected chi connectivity index (χ2v) is 1.57. The van der Waals surface area contributed by atoms with Crippen LogP contribution in [0.25, 0.3) is 0 Å². The Balaban J connectivity index is 3.43. The molecule has 0 aromatic rings. The van der Waals surface area contributed by atoms with E-state index in [1.807, 2.05) is 0 Å². The van der Waals surface area contributed by atoms with Gasteiger partial charge in [0.25, 0.3) is 0 Å². The number of esters is 1. The predicted octanol–water partition coefficient (Wildman–Crippen LogP) is 0.848. The lowest BCUT2D eigenvalue weighted by Crippen LogP contribution is -2.15. The molecule has 0 bridgehead atoms. The van der Waals surface area contributed by atoms with E-state index in [-0.39, 0.29) is 0 Å². The van der Waals surface area contributed by atoms with E-state index in [0.29, 0.717) is 6.42 Å². The van der Waals surface area contributed by atoms with Crippen LogP contribution in [0.5, 0.6) is 0 Å². The topological polar surface area (TPSA) is 35.5 Å². The second kappa shape index (κ2) is 4.32. The summed E-state index contributed by atoms with van der Waals surface area (Å²) < 4.78 is 8.52. The van der Waals surface area contributed by atoms with Crippen LogP contribution in [-0.2, 0) is 14.3 Å². The lowest BCUT2D eigenvalue weighted by atomic mass is 10.5. The lowest BCUT2D eigenvalue weighted by molar-refractivity contribution is -0.167. The molecule has 0 aromatic heterocycles. The summed E-state index contributed by atoms with van der Waals surface area (Å²) in [6.07, 6.45) is -0.203. The van der Waals surface area contributed by atoms with Gasteiger partial charge in [-0.3, -0.25) is 4.79 Å². The van der Waals surface area contributed by atoms with Crippen LogP contribution in [0.1, 0.15) is 20.3 Å². The molecular weight excluding hydrogens is 120 g/mol. The maximum absolute atomic E-state index is 10.2. The van der Waals surface area contributed by atoms with E-state index < -0.39 is 12.3 Å². The van der Waals surface area contributed by atoms with Crippen LogP contribution in [0.2, 0.25) is 0 Å². The van der Waals surface area contributed by atoms with Gasteiger partial charge in [0, 0.05) is 13.3 Å². The van der Waals surface area contributed by atoms with Crippen molar-refractivity contribution in [2.75, 3.05) is 0 Å². The minimum atomic E-state index is -0.706. The summed E-state index contributed by atoms with van der Waals surface area (Å²) in [5.74, 6) is -0.422. The van der Waals surface area contributed by atoms with Crippen molar-refractivity contribution in [1.82, 2.24) is 0 Å². The normalized spacial score (nSPS) is 12.8. The van der Waals surface area contributed by atoms with Crippen molar-refractivity contribution in [3.63, 3.8) is 0 Å². The second-order valence-electron chi connectivity index (χ2n) is 1.57. The minimum Gasteiger partial charge on any atom is -0.436 e. The highest BCUT2D eigenvalue weighted by Gasteiger charge is 2.05. The van der Waals surface area contributed by atoms with Gasteiger partial charge in [0.05, 0.1) is 0 Å². The molecule has 1 atom stereocenters. The molecule has 3 nitrogen and oxygen atoms in total. The summed E-state index contributed by atoms with van der Waals surface area (Å²) in [5, 5.41) is 0. The van der Waals surface area contributed by atoms with Gasteiger partial charge < -0.3 is 9.47 Å². The van der Waals surface area contributed by atoms with E-state index >= 15 is 0 Å². The van der Waals surface area contributed by atoms with E-state index in [1.165, 1.54) is 6.92 Å². The summed E-state index contributed by atoms with van der Waals surface area (Å²) in [5.41, 5.74) is 0. The predicted molar refractivity (Wildman–Crippen MR) is 30.2 cm³/mol. The number of ether oxygens (including phenoxy) is 2. The molecule has 1 unspecified atom stereocenters. The highest BCUT2D eigenvalue weighted by Crippen LogP contribution is 1.98. The van der Waals surface area contributed by atoms with Gasteiger partial charge in [-0.25, -0.2) is 0 Å². The van der Waals surface area contributed by atoms with Crippen LogP contribution in [0, 0.1) is 7.11 Å². The SMILES string of the molecule is [C]OC(CC)OC(C)=O. The zero-order valence-corrected chi connectivity index (χ0v) is 5.51. The van der Waals surface area contributed by atoms with E-state index in [0.717, 1.165) is 0 Å². The van der Waals surface area contributed by atoms with Crippen molar-refractivity contribution >= 4 is 5.97 Å². The molecule has 9 heavy (non-hydrogen) atoms. The number of carbonyl (C=O) groups is 1. The molecule has 0 saturated heterocycles. The zero-order valence-electron chi connectivity index (χ0n) is 5.51. The zero-order chi connectivity index (χ0) is 7.28. The van der Waals surface area contributed by atoms with Gasteiger partial charge in [0.15, 0.2) is 7.11 Å². The van der Waals surface area contributed by atoms with Crippen molar-refractivity contribution in [2.24, 2.45) is 0 Å². The Morgan fingerprint density at radius 2 is 2.33 bits per heavy atom. The quantitative estimate of drug-likeness (QED) is 0.418. The van der Waals surface area contributed by atoms with Crippen molar-refractivity contribution < 1.29 is 14.3 Å². The summed E-state index contributed by atoms with van der Waals surface area (Å²) in [6, 6.07) is 0. The van der Waals surface area contributed by atoms with Gasteiger partial charge in [0.2, 0.25) is 6.29 Å². The summed E-state index contributed by atoms with van der Waals surface area (Å²) >= 11 is 0. The maximum atomic E-state index is 10.2. The molecule has 0 aliphatic heterocycles. The van der Waals surface area contributed by atoms with Gasteiger partial charge in [-0.1, -0.05) is 6.92 Å². The van der Waals surface area contributed by atoms with Crippen LogP contribution in [0.3, 0.4) is 0 Å². The Kier molecular flexibility index (Phi) is 4.05. The van der Waals surface area contributed by atoms with E-state index in [2.05, 4.69) is 9.47 Å². The third-order valence-corrected chi connectivity index (χ3v) is 0.762. The molecule has 3 radical (unpaired) electrons. The molecular formula is C6H9O3. The Bertz CT molecular complexity index is 86.3. The van der Waals surface area contributed by atoms with Crippen LogP contribution >= 0.6 is 0 Å². The molecule has 0 amide bonds. The van der Waals surface area contributed by atoms with E-state index in [1.54, 1.807) is 6.92 Å². The molecule has 0 fully saturated rings. The highest BCUT2D eigenvalue weighted by atomic mass is 16.7. The van der Waals surface area contributed by atoms with Crippen LogP contribution in [0.4, 0.5) is 0 Å². The largest absolute Gasteiger partial charge is 0.436 e. The molecule has 0 spiro atoms. The fourth-order valence-electron chi connectivity index (χ4n) is 0.376. The van der Waals surface area contributed by atoms with Crippen LogP contribution in [0.15, 0.2) is 0 Å². The molecule has 0 aliphatic rings. The smallest absolute Gasteiger partial charge is 0.304 e. The van der Waals surface area contributed by atoms with Gasteiger partial charge >= 0.3 is 5.97 Å². The van der Waals surface area contributed by atoms with E-state index in [9.17, 15) is 4.79 Å². The Morgan fingerprint density at radius 1 is 1.78 bits per heavy atom. The third kappa shape index (κ3) is 3.97. The Hall–Kier alpha value is -0.570. The standard InChI is InChI=1S/C6H9O3/c1-4-6(8-3)9-5(2)7/h6H,4H2,1-2H3. The molecule has 3 heteroatoms.